The number of allylic oxidation sites excluding steroid dienone is 1. The van der Waals surface area contributed by atoms with Crippen molar-refractivity contribution in [3.05, 3.63) is 24.8 Å². The molecule has 20 heavy (non-hydrogen) atoms. The smallest absolute Gasteiger partial charge is 0.305 e. The lowest BCUT2D eigenvalue weighted by Crippen LogP contribution is -2.46. The Morgan fingerprint density at radius 3 is 2.45 bits per heavy atom. The highest BCUT2D eigenvalue weighted by atomic mass is 16.4. The van der Waals surface area contributed by atoms with E-state index in [0.717, 1.165) is 0 Å². The normalized spacial score (nSPS) is 12.2. The number of hydrogen-bond donors (Lipinski definition) is 3. The van der Waals surface area contributed by atoms with Crippen molar-refractivity contribution in [1.29, 1.82) is 0 Å². The van der Waals surface area contributed by atoms with Crippen molar-refractivity contribution in [2.75, 3.05) is 6.54 Å². The first-order chi connectivity index (χ1) is 9.36. The Bertz CT molecular complexity index is 389. The Kier molecular flexibility index (Phi) is 8.74. The van der Waals surface area contributed by atoms with Crippen LogP contribution in [0.3, 0.4) is 0 Å². The van der Waals surface area contributed by atoms with Crippen LogP contribution < -0.4 is 10.6 Å². The lowest BCUT2D eigenvalue weighted by Gasteiger charge is -2.15. The molecule has 0 bridgehead atoms. The Hall–Kier alpha value is -2.11. The van der Waals surface area contributed by atoms with Crippen LogP contribution in [-0.4, -0.2) is 35.5 Å². The fraction of sp³-hybridized carbons (Fsp3) is 0.500. The third-order valence-corrected chi connectivity index (χ3v) is 2.31. The highest BCUT2D eigenvalue weighted by molar-refractivity contribution is 5.93. The zero-order chi connectivity index (χ0) is 15.5. The molecule has 0 aliphatic rings. The zero-order valence-electron chi connectivity index (χ0n) is 11.9. The molecule has 1 unspecified atom stereocenters. The largest absolute Gasteiger partial charge is 0.481 e. The number of hydrogen-bond acceptors (Lipinski definition) is 3. The highest BCUT2D eigenvalue weighted by Gasteiger charge is 2.18. The van der Waals surface area contributed by atoms with E-state index in [-0.39, 0.29) is 31.2 Å². The second kappa shape index (κ2) is 9.77. The Balaban J connectivity index is 4.40. The van der Waals surface area contributed by atoms with E-state index in [0.29, 0.717) is 0 Å². The van der Waals surface area contributed by atoms with Gasteiger partial charge in [0.1, 0.15) is 6.04 Å². The highest BCUT2D eigenvalue weighted by Crippen LogP contribution is 1.97. The van der Waals surface area contributed by atoms with Crippen molar-refractivity contribution in [3.8, 4) is 0 Å². The topological polar surface area (TPSA) is 95.5 Å². The zero-order valence-corrected chi connectivity index (χ0v) is 11.9. The van der Waals surface area contributed by atoms with Gasteiger partial charge in [-0.1, -0.05) is 26.0 Å². The molecule has 0 fully saturated rings. The number of amides is 2. The molecule has 3 N–H and O–H groups in total. The van der Waals surface area contributed by atoms with Crippen molar-refractivity contribution >= 4 is 17.8 Å². The van der Waals surface area contributed by atoms with Gasteiger partial charge in [-0.15, -0.1) is 6.58 Å². The average molecular weight is 282 g/mol. The third kappa shape index (κ3) is 8.91. The number of carbonyl (C=O) groups is 3. The van der Waals surface area contributed by atoms with Crippen LogP contribution in [0.5, 0.6) is 0 Å². The molecule has 0 aliphatic carbocycles. The molecule has 0 heterocycles. The van der Waals surface area contributed by atoms with E-state index in [9.17, 15) is 14.4 Å². The average Bonchev–Trinajstić information content (AvgIpc) is 2.35. The maximum atomic E-state index is 11.8. The van der Waals surface area contributed by atoms with Crippen molar-refractivity contribution < 1.29 is 19.5 Å². The summed E-state index contributed by atoms with van der Waals surface area (Å²) < 4.78 is 0. The van der Waals surface area contributed by atoms with Crippen LogP contribution in [0, 0.1) is 5.92 Å². The van der Waals surface area contributed by atoms with E-state index in [1.807, 2.05) is 13.8 Å². The van der Waals surface area contributed by atoms with E-state index >= 15 is 0 Å². The summed E-state index contributed by atoms with van der Waals surface area (Å²) in [6.45, 7) is 7.43. The van der Waals surface area contributed by atoms with Gasteiger partial charge in [-0.05, 0) is 18.4 Å². The molecule has 0 aromatic heterocycles. The molecular formula is C14H22N2O4. The van der Waals surface area contributed by atoms with Crippen LogP contribution in [0.1, 0.15) is 26.7 Å². The first-order valence-electron chi connectivity index (χ1n) is 6.46. The van der Waals surface area contributed by atoms with Crippen molar-refractivity contribution in [2.45, 2.75) is 32.7 Å². The maximum absolute atomic E-state index is 11.8. The quantitative estimate of drug-likeness (QED) is 0.431. The molecular weight excluding hydrogens is 260 g/mol. The molecule has 0 spiro atoms. The fourth-order valence-electron chi connectivity index (χ4n) is 1.31. The molecule has 112 valence electrons. The van der Waals surface area contributed by atoms with E-state index in [2.05, 4.69) is 17.2 Å². The van der Waals surface area contributed by atoms with Crippen LogP contribution in [0.15, 0.2) is 24.8 Å². The summed E-state index contributed by atoms with van der Waals surface area (Å²) in [7, 11) is 0. The lowest BCUT2D eigenvalue weighted by atomic mass is 10.1. The van der Waals surface area contributed by atoms with Gasteiger partial charge < -0.3 is 15.7 Å². The maximum Gasteiger partial charge on any atom is 0.305 e. The van der Waals surface area contributed by atoms with E-state index in [4.69, 9.17) is 5.11 Å². The number of carbonyl (C=O) groups excluding carboxylic acids is 2. The van der Waals surface area contributed by atoms with Crippen LogP contribution in [0.4, 0.5) is 0 Å². The molecule has 0 rings (SSSR count). The fourth-order valence-corrected chi connectivity index (χ4v) is 1.31. The molecule has 0 radical (unpaired) electrons. The second-order valence-electron chi connectivity index (χ2n) is 4.62. The third-order valence-electron chi connectivity index (χ3n) is 2.31. The van der Waals surface area contributed by atoms with Gasteiger partial charge >= 0.3 is 5.97 Å². The van der Waals surface area contributed by atoms with Crippen molar-refractivity contribution in [2.24, 2.45) is 5.92 Å². The monoisotopic (exact) mass is 282 g/mol. The van der Waals surface area contributed by atoms with Crippen LogP contribution in [-0.2, 0) is 14.4 Å². The molecule has 0 aromatic rings. The molecule has 2 amide bonds. The predicted molar refractivity (Wildman–Crippen MR) is 76.0 cm³/mol. The molecule has 6 nitrogen and oxygen atoms in total. The van der Waals surface area contributed by atoms with Gasteiger partial charge in [0.25, 0.3) is 0 Å². The number of carboxylic acids is 1. The number of aliphatic carboxylic acids is 1. The van der Waals surface area contributed by atoms with E-state index in [1.54, 1.807) is 6.08 Å². The first-order valence-corrected chi connectivity index (χ1v) is 6.46. The van der Waals surface area contributed by atoms with E-state index < -0.39 is 17.9 Å². The first kappa shape index (κ1) is 17.9. The minimum absolute atomic E-state index is 0.0273. The summed E-state index contributed by atoms with van der Waals surface area (Å²) in [5.74, 6) is -1.53. The molecule has 0 saturated carbocycles. The summed E-state index contributed by atoms with van der Waals surface area (Å²) in [6.07, 6.45) is 4.75. The minimum Gasteiger partial charge on any atom is -0.481 e. The van der Waals surface area contributed by atoms with Gasteiger partial charge in [0.2, 0.25) is 11.8 Å². The minimum atomic E-state index is -0.991. The van der Waals surface area contributed by atoms with E-state index in [1.165, 1.54) is 12.2 Å². The van der Waals surface area contributed by atoms with Gasteiger partial charge in [-0.25, -0.2) is 0 Å². The van der Waals surface area contributed by atoms with Crippen molar-refractivity contribution in [1.82, 2.24) is 10.6 Å². The summed E-state index contributed by atoms with van der Waals surface area (Å²) in [6, 6.07) is -0.745. The van der Waals surface area contributed by atoms with Crippen LogP contribution >= 0.6 is 0 Å². The standard InChI is InChI=1S/C14H22N2O4/c1-4-5-11(14(20)15-9-8-13(18)19)16-12(17)7-6-10(2)3/h4,6-7,10-11H,1,5,8-9H2,2-3H3,(H,15,20)(H,16,17)(H,18,19)/b7-6+. The van der Waals surface area contributed by atoms with Gasteiger partial charge in [-0.2, -0.15) is 0 Å². The molecule has 0 aromatic carbocycles. The van der Waals surface area contributed by atoms with Gasteiger partial charge in [0.15, 0.2) is 0 Å². The van der Waals surface area contributed by atoms with Gasteiger partial charge in [-0.3, -0.25) is 14.4 Å². The summed E-state index contributed by atoms with van der Waals surface area (Å²) in [5.41, 5.74) is 0. The summed E-state index contributed by atoms with van der Waals surface area (Å²) >= 11 is 0. The number of rotatable bonds is 9. The van der Waals surface area contributed by atoms with Crippen LogP contribution in [0.2, 0.25) is 0 Å². The molecule has 0 saturated heterocycles. The van der Waals surface area contributed by atoms with Crippen molar-refractivity contribution in [3.63, 3.8) is 0 Å². The summed E-state index contributed by atoms with van der Waals surface area (Å²) in [4.78, 5) is 33.8. The predicted octanol–water partition coefficient (Wildman–Crippen LogP) is 0.850. The Labute approximate surface area is 118 Å². The number of carboxylic acid groups (broad SMARTS) is 1. The van der Waals surface area contributed by atoms with Crippen LogP contribution in [0.25, 0.3) is 0 Å². The molecule has 6 heteroatoms. The molecule has 0 aliphatic heterocycles. The lowest BCUT2D eigenvalue weighted by molar-refractivity contribution is -0.137. The SMILES string of the molecule is C=CCC(NC(=O)/C=C/C(C)C)C(=O)NCCC(=O)O. The number of nitrogens with one attached hydrogen (secondary N) is 2. The Morgan fingerprint density at radius 1 is 1.30 bits per heavy atom. The molecule has 1 atom stereocenters. The second-order valence-corrected chi connectivity index (χ2v) is 4.62. The van der Waals surface area contributed by atoms with Gasteiger partial charge in [0.05, 0.1) is 6.42 Å². The van der Waals surface area contributed by atoms with Gasteiger partial charge in [0, 0.05) is 6.54 Å². The Morgan fingerprint density at radius 2 is 1.95 bits per heavy atom. The summed E-state index contributed by atoms with van der Waals surface area (Å²) in [5, 5.41) is 13.5.